The van der Waals surface area contributed by atoms with Crippen molar-refractivity contribution < 1.29 is 14.2 Å². The van der Waals surface area contributed by atoms with Crippen LogP contribution in [0.15, 0.2) is 30.3 Å². The second-order valence-electron chi connectivity index (χ2n) is 4.12. The molecule has 4 nitrogen and oxygen atoms in total. The molecule has 2 aromatic rings. The van der Waals surface area contributed by atoms with Crippen molar-refractivity contribution in [3.63, 3.8) is 0 Å². The number of nitrogens with two attached hydrogens (primary N) is 1. The first-order chi connectivity index (χ1) is 9.62. The molecule has 0 aliphatic carbocycles. The van der Waals surface area contributed by atoms with Crippen molar-refractivity contribution in [2.45, 2.75) is 0 Å². The molecule has 0 unspecified atom stereocenters. The van der Waals surface area contributed by atoms with Crippen molar-refractivity contribution in [1.29, 1.82) is 0 Å². The zero-order valence-electron chi connectivity index (χ0n) is 11.6. The van der Waals surface area contributed by atoms with Gasteiger partial charge in [0.25, 0.3) is 0 Å². The Morgan fingerprint density at radius 1 is 0.900 bits per heavy atom. The summed E-state index contributed by atoms with van der Waals surface area (Å²) in [7, 11) is 4.73. The van der Waals surface area contributed by atoms with Gasteiger partial charge in [0.15, 0.2) is 11.5 Å². The quantitative estimate of drug-likeness (QED) is 0.875. The number of anilines is 1. The maximum absolute atomic E-state index is 5.95. The van der Waals surface area contributed by atoms with Crippen molar-refractivity contribution >= 4 is 17.3 Å². The Morgan fingerprint density at radius 3 is 2.15 bits per heavy atom. The Balaban J connectivity index is 2.64. The lowest BCUT2D eigenvalue weighted by atomic mass is 10.0. The van der Waals surface area contributed by atoms with Crippen LogP contribution in [0.3, 0.4) is 0 Å². The Bertz CT molecular complexity index is 629. The van der Waals surface area contributed by atoms with Gasteiger partial charge in [0, 0.05) is 5.56 Å². The van der Waals surface area contributed by atoms with E-state index in [-0.39, 0.29) is 0 Å². The molecule has 0 atom stereocenters. The third kappa shape index (κ3) is 2.47. The Labute approximate surface area is 123 Å². The number of rotatable bonds is 4. The largest absolute Gasteiger partial charge is 0.493 e. The molecule has 0 saturated heterocycles. The summed E-state index contributed by atoms with van der Waals surface area (Å²) in [6.45, 7) is 0. The fourth-order valence-electron chi connectivity index (χ4n) is 2.04. The molecule has 106 valence electrons. The summed E-state index contributed by atoms with van der Waals surface area (Å²) in [5, 5.41) is 0.521. The van der Waals surface area contributed by atoms with Crippen LogP contribution in [-0.4, -0.2) is 21.3 Å². The number of hydrogen-bond donors (Lipinski definition) is 1. The molecule has 0 amide bonds. The van der Waals surface area contributed by atoms with Crippen molar-refractivity contribution in [3.8, 4) is 28.4 Å². The van der Waals surface area contributed by atoms with Crippen molar-refractivity contribution in [2.24, 2.45) is 0 Å². The normalized spacial score (nSPS) is 10.2. The summed E-state index contributed by atoms with van der Waals surface area (Å²) in [4.78, 5) is 0. The standard InChI is InChI=1S/C15H16ClNO3/c1-18-13-7-5-10(14(19-2)15(13)20-3)9-4-6-11(16)12(17)8-9/h4-8H,17H2,1-3H3. The van der Waals surface area contributed by atoms with E-state index in [0.717, 1.165) is 11.1 Å². The molecule has 2 aromatic carbocycles. The zero-order valence-corrected chi connectivity index (χ0v) is 12.3. The molecule has 0 aromatic heterocycles. The predicted octanol–water partition coefficient (Wildman–Crippen LogP) is 3.62. The summed E-state index contributed by atoms with van der Waals surface area (Å²) < 4.78 is 16.1. The van der Waals surface area contributed by atoms with Gasteiger partial charge in [0.2, 0.25) is 5.75 Å². The summed E-state index contributed by atoms with van der Waals surface area (Å²) >= 11 is 5.95. The van der Waals surface area contributed by atoms with Crippen LogP contribution < -0.4 is 19.9 Å². The molecular formula is C15H16ClNO3. The first kappa shape index (κ1) is 14.3. The van der Waals surface area contributed by atoms with Crippen LogP contribution in [0.25, 0.3) is 11.1 Å². The molecule has 2 rings (SSSR count). The molecule has 2 N–H and O–H groups in total. The van der Waals surface area contributed by atoms with Crippen LogP contribution in [0.1, 0.15) is 0 Å². The number of halogens is 1. The van der Waals surface area contributed by atoms with Crippen LogP contribution >= 0.6 is 11.6 Å². The molecule has 0 aliphatic heterocycles. The van der Waals surface area contributed by atoms with Gasteiger partial charge in [-0.25, -0.2) is 0 Å². The minimum atomic E-state index is 0.515. The van der Waals surface area contributed by atoms with E-state index in [4.69, 9.17) is 31.5 Å². The molecular weight excluding hydrogens is 278 g/mol. The van der Waals surface area contributed by atoms with Crippen LogP contribution in [0.2, 0.25) is 5.02 Å². The number of benzene rings is 2. The van der Waals surface area contributed by atoms with Gasteiger partial charge >= 0.3 is 0 Å². The van der Waals surface area contributed by atoms with E-state index in [0.29, 0.717) is 28.0 Å². The van der Waals surface area contributed by atoms with Gasteiger partial charge in [-0.2, -0.15) is 0 Å². The topological polar surface area (TPSA) is 53.7 Å². The second-order valence-corrected chi connectivity index (χ2v) is 4.53. The lowest BCUT2D eigenvalue weighted by Gasteiger charge is -2.16. The van der Waals surface area contributed by atoms with E-state index in [9.17, 15) is 0 Å². The van der Waals surface area contributed by atoms with Crippen LogP contribution in [0.4, 0.5) is 5.69 Å². The molecule has 20 heavy (non-hydrogen) atoms. The average Bonchev–Trinajstić information content (AvgIpc) is 2.48. The maximum atomic E-state index is 5.95. The zero-order chi connectivity index (χ0) is 14.7. The third-order valence-corrected chi connectivity index (χ3v) is 3.36. The molecule has 0 saturated carbocycles. The molecule has 0 heterocycles. The molecule has 0 aliphatic rings. The highest BCUT2D eigenvalue weighted by Crippen LogP contribution is 2.44. The monoisotopic (exact) mass is 293 g/mol. The SMILES string of the molecule is COc1ccc(-c2ccc(Cl)c(N)c2)c(OC)c1OC. The van der Waals surface area contributed by atoms with E-state index in [1.165, 1.54) is 0 Å². The molecule has 0 radical (unpaired) electrons. The summed E-state index contributed by atoms with van der Waals surface area (Å²) in [5.74, 6) is 1.74. The highest BCUT2D eigenvalue weighted by Gasteiger charge is 2.17. The van der Waals surface area contributed by atoms with Crippen molar-refractivity contribution in [3.05, 3.63) is 35.4 Å². The first-order valence-corrected chi connectivity index (χ1v) is 6.34. The molecule has 0 bridgehead atoms. The van der Waals surface area contributed by atoms with E-state index in [1.54, 1.807) is 33.5 Å². The Hall–Kier alpha value is -2.07. The fourth-order valence-corrected chi connectivity index (χ4v) is 2.16. The highest BCUT2D eigenvalue weighted by molar-refractivity contribution is 6.33. The lowest BCUT2D eigenvalue weighted by Crippen LogP contribution is -1.97. The Kier molecular flexibility index (Phi) is 4.25. The Morgan fingerprint density at radius 2 is 1.60 bits per heavy atom. The van der Waals surface area contributed by atoms with Gasteiger partial charge in [-0.15, -0.1) is 0 Å². The maximum Gasteiger partial charge on any atom is 0.203 e. The van der Waals surface area contributed by atoms with Gasteiger partial charge in [0.05, 0.1) is 32.0 Å². The third-order valence-electron chi connectivity index (χ3n) is 3.01. The number of nitrogen functional groups attached to an aromatic ring is 1. The van der Waals surface area contributed by atoms with E-state index in [1.807, 2.05) is 18.2 Å². The average molecular weight is 294 g/mol. The molecule has 5 heteroatoms. The smallest absolute Gasteiger partial charge is 0.203 e. The second kappa shape index (κ2) is 5.92. The molecule has 0 spiro atoms. The van der Waals surface area contributed by atoms with E-state index < -0.39 is 0 Å². The first-order valence-electron chi connectivity index (χ1n) is 5.96. The van der Waals surface area contributed by atoms with Gasteiger partial charge in [-0.3, -0.25) is 0 Å². The van der Waals surface area contributed by atoms with Crippen LogP contribution in [0.5, 0.6) is 17.2 Å². The van der Waals surface area contributed by atoms with Crippen LogP contribution in [0, 0.1) is 0 Å². The van der Waals surface area contributed by atoms with Gasteiger partial charge in [-0.05, 0) is 29.8 Å². The summed E-state index contributed by atoms with van der Waals surface area (Å²) in [6.07, 6.45) is 0. The molecule has 0 fully saturated rings. The van der Waals surface area contributed by atoms with Gasteiger partial charge in [-0.1, -0.05) is 17.7 Å². The van der Waals surface area contributed by atoms with Gasteiger partial charge in [0.1, 0.15) is 0 Å². The minimum Gasteiger partial charge on any atom is -0.493 e. The lowest BCUT2D eigenvalue weighted by molar-refractivity contribution is 0.325. The number of methoxy groups -OCH3 is 3. The summed E-state index contributed by atoms with van der Waals surface area (Å²) in [5.41, 5.74) is 8.11. The van der Waals surface area contributed by atoms with Crippen LogP contribution in [-0.2, 0) is 0 Å². The highest BCUT2D eigenvalue weighted by atomic mass is 35.5. The van der Waals surface area contributed by atoms with E-state index in [2.05, 4.69) is 0 Å². The van der Waals surface area contributed by atoms with Crippen molar-refractivity contribution in [2.75, 3.05) is 27.1 Å². The fraction of sp³-hybridized carbons (Fsp3) is 0.200. The predicted molar refractivity (Wildman–Crippen MR) is 81.0 cm³/mol. The number of ether oxygens (including phenoxy) is 3. The minimum absolute atomic E-state index is 0.515. The van der Waals surface area contributed by atoms with Gasteiger partial charge < -0.3 is 19.9 Å². The van der Waals surface area contributed by atoms with Crippen molar-refractivity contribution in [1.82, 2.24) is 0 Å². The van der Waals surface area contributed by atoms with E-state index >= 15 is 0 Å². The number of hydrogen-bond acceptors (Lipinski definition) is 4. The summed E-state index contributed by atoms with van der Waals surface area (Å²) in [6, 6.07) is 9.14.